The molecule has 0 radical (unpaired) electrons. The minimum absolute atomic E-state index is 0. The molecule has 0 aromatic heterocycles. The Kier molecular flexibility index (Phi) is 6.69. The fourth-order valence-electron chi connectivity index (χ4n) is 4.41. The number of β-lactam (4-membered cyclic amide) rings is 1. The number of rotatable bonds is 4. The number of nitrogens with zero attached hydrogens (tertiary/aromatic N) is 2. The number of phenols is 1. The van der Waals surface area contributed by atoms with E-state index >= 15 is 0 Å². The first-order valence-corrected chi connectivity index (χ1v) is 9.38. The first-order chi connectivity index (χ1) is 15.0. The number of carboxylic acid groups (broad SMARTS) is 1. The second-order valence-electron chi connectivity index (χ2n) is 7.44. The first kappa shape index (κ1) is 24.9. The summed E-state index contributed by atoms with van der Waals surface area (Å²) in [5, 5.41) is 23.3. The largest absolute Gasteiger partial charge is 1.00 e. The van der Waals surface area contributed by atoms with Crippen LogP contribution in [0.15, 0.2) is 35.5 Å². The smallest absolute Gasteiger partial charge is 0.543 e. The number of piperidine rings is 1. The Morgan fingerprint density at radius 3 is 2.42 bits per heavy atom. The third-order valence-corrected chi connectivity index (χ3v) is 5.70. The predicted molar refractivity (Wildman–Crippen MR) is 95.4 cm³/mol. The molecule has 2 fully saturated rings. The van der Waals surface area contributed by atoms with Gasteiger partial charge >= 0.3 is 47.7 Å². The molecule has 2 N–H and O–H groups in total. The summed E-state index contributed by atoms with van der Waals surface area (Å²) >= 11 is 0. The third kappa shape index (κ3) is 4.27. The van der Waals surface area contributed by atoms with Gasteiger partial charge in [0.2, 0.25) is 0 Å². The molecule has 10 nitrogen and oxygen atoms in total. The van der Waals surface area contributed by atoms with Crippen molar-refractivity contribution in [1.29, 1.82) is 0 Å². The van der Waals surface area contributed by atoms with Crippen molar-refractivity contribution in [3.8, 4) is 5.75 Å². The molecule has 3 amide bonds. The molecule has 0 saturated carbocycles. The van der Waals surface area contributed by atoms with E-state index in [1.54, 1.807) is 0 Å². The van der Waals surface area contributed by atoms with E-state index in [0.717, 1.165) is 4.90 Å². The number of carbonyl (C=O) groups is 4. The summed E-state index contributed by atoms with van der Waals surface area (Å²) in [7, 11) is 0. The molecule has 3 aliphatic rings. The van der Waals surface area contributed by atoms with E-state index < -0.39 is 66.9 Å². The standard InChI is InChI=1S/C19H16F3N3O7.Na/c20-19(21,22)17(30)24-6-5-10-11(13(16(28)29)25-12(10)14(24)15(25)27)7-32-18(31)23-8-1-3-9(26)4-2-8;/h1-4,10,12,14,26H,5-7H2,(H,23,31)(H,28,29);/q;+1/p-1/t10?,12-,14+;/m1./s1. The SMILES string of the molecule is O=C(Nc1ccc(O)cc1)OCC1=C(C(=O)[O-])N2C(=O)[C@@H]3[C@H]2C1CCN3C(=O)C(F)(F)F.[Na+]. The second-order valence-corrected chi connectivity index (χ2v) is 7.44. The van der Waals surface area contributed by atoms with Crippen molar-refractivity contribution >= 4 is 29.6 Å². The number of anilines is 1. The predicted octanol–water partition coefficient (Wildman–Crippen LogP) is -3.05. The Labute approximate surface area is 206 Å². The molecule has 3 heterocycles. The van der Waals surface area contributed by atoms with Crippen LogP contribution in [0.5, 0.6) is 5.75 Å². The van der Waals surface area contributed by atoms with Crippen molar-refractivity contribution in [2.45, 2.75) is 24.7 Å². The summed E-state index contributed by atoms with van der Waals surface area (Å²) in [6, 6.07) is 2.97. The van der Waals surface area contributed by atoms with Crippen LogP contribution in [0.1, 0.15) is 6.42 Å². The van der Waals surface area contributed by atoms with Crippen LogP contribution in [0.3, 0.4) is 0 Å². The molecule has 1 aromatic carbocycles. The molecule has 4 rings (SSSR count). The van der Waals surface area contributed by atoms with Gasteiger partial charge in [0.15, 0.2) is 0 Å². The number of nitrogens with one attached hydrogen (secondary N) is 1. The Balaban J connectivity index is 0.00000306. The van der Waals surface area contributed by atoms with Gasteiger partial charge in [-0.1, -0.05) is 0 Å². The molecule has 3 aliphatic heterocycles. The second kappa shape index (κ2) is 8.88. The summed E-state index contributed by atoms with van der Waals surface area (Å²) in [6.07, 6.45) is -6.18. The average Bonchev–Trinajstić information content (AvgIpc) is 3.04. The van der Waals surface area contributed by atoms with Gasteiger partial charge in [-0.05, 0) is 36.3 Å². The number of carbonyl (C=O) groups excluding carboxylic acids is 4. The molecule has 0 bridgehead atoms. The van der Waals surface area contributed by atoms with Gasteiger partial charge < -0.3 is 29.5 Å². The van der Waals surface area contributed by atoms with Crippen molar-refractivity contribution in [2.75, 3.05) is 18.5 Å². The van der Waals surface area contributed by atoms with Crippen LogP contribution in [0.25, 0.3) is 0 Å². The minimum Gasteiger partial charge on any atom is -0.543 e. The number of hydrogen-bond acceptors (Lipinski definition) is 7. The summed E-state index contributed by atoms with van der Waals surface area (Å²) in [5.74, 6) is -5.60. The monoisotopic (exact) mass is 477 g/mol. The maximum absolute atomic E-state index is 12.9. The van der Waals surface area contributed by atoms with Gasteiger partial charge in [0, 0.05) is 18.2 Å². The van der Waals surface area contributed by atoms with E-state index in [9.17, 15) is 42.6 Å². The number of ether oxygens (including phenoxy) is 1. The number of aliphatic carboxylic acids is 1. The summed E-state index contributed by atoms with van der Waals surface area (Å²) in [4.78, 5) is 49.1. The molecule has 0 spiro atoms. The van der Waals surface area contributed by atoms with E-state index in [2.05, 4.69) is 5.32 Å². The molecule has 0 aliphatic carbocycles. The third-order valence-electron chi connectivity index (χ3n) is 5.70. The Bertz CT molecular complexity index is 1040. The Morgan fingerprint density at radius 2 is 1.85 bits per heavy atom. The van der Waals surface area contributed by atoms with E-state index in [1.165, 1.54) is 24.3 Å². The molecule has 1 aromatic rings. The molecule has 170 valence electrons. The van der Waals surface area contributed by atoms with Crippen LogP contribution in [-0.2, 0) is 19.1 Å². The number of alkyl halides is 3. The number of likely N-dealkylation sites (tertiary alicyclic amines) is 1. The average molecular weight is 477 g/mol. The van der Waals surface area contributed by atoms with Gasteiger partial charge in [0.25, 0.3) is 5.91 Å². The van der Waals surface area contributed by atoms with Gasteiger partial charge in [-0.2, -0.15) is 13.2 Å². The topological polar surface area (TPSA) is 139 Å². The molecule has 3 atom stereocenters. The van der Waals surface area contributed by atoms with Crippen molar-refractivity contribution in [3.05, 3.63) is 35.5 Å². The Morgan fingerprint density at radius 1 is 1.21 bits per heavy atom. The van der Waals surface area contributed by atoms with Crippen LogP contribution < -0.4 is 40.0 Å². The van der Waals surface area contributed by atoms with Crippen molar-refractivity contribution < 1.29 is 76.9 Å². The summed E-state index contributed by atoms with van der Waals surface area (Å²) in [6.45, 7) is -0.953. The van der Waals surface area contributed by atoms with E-state index in [0.29, 0.717) is 4.90 Å². The Hall–Kier alpha value is -2.77. The maximum atomic E-state index is 12.9. The number of carboxylic acids is 1. The fourth-order valence-corrected chi connectivity index (χ4v) is 4.41. The number of amides is 3. The molecule has 33 heavy (non-hydrogen) atoms. The van der Waals surface area contributed by atoms with Crippen LogP contribution >= 0.6 is 0 Å². The normalized spacial score (nSPS) is 23.4. The molecule has 2 saturated heterocycles. The van der Waals surface area contributed by atoms with Crippen molar-refractivity contribution in [3.63, 3.8) is 0 Å². The van der Waals surface area contributed by atoms with Gasteiger partial charge in [-0.25, -0.2) is 4.79 Å². The quantitative estimate of drug-likeness (QED) is 0.267. The van der Waals surface area contributed by atoms with Gasteiger partial charge in [-0.15, -0.1) is 0 Å². The van der Waals surface area contributed by atoms with Gasteiger partial charge in [0.05, 0.1) is 17.7 Å². The fraction of sp³-hybridized carbons (Fsp3) is 0.368. The first-order valence-electron chi connectivity index (χ1n) is 9.38. The number of phenolic OH excluding ortho intramolecular Hbond substituents is 1. The van der Waals surface area contributed by atoms with Gasteiger partial charge in [-0.3, -0.25) is 14.9 Å². The van der Waals surface area contributed by atoms with Crippen molar-refractivity contribution in [1.82, 2.24) is 9.80 Å². The number of hydrogen-bond donors (Lipinski definition) is 2. The molecular weight excluding hydrogens is 462 g/mol. The number of aromatic hydroxyl groups is 1. The molecular formula is C19H15F3N3NaO7. The van der Waals surface area contributed by atoms with Crippen molar-refractivity contribution in [2.24, 2.45) is 5.92 Å². The number of benzene rings is 1. The van der Waals surface area contributed by atoms with E-state index in [1.807, 2.05) is 0 Å². The van der Waals surface area contributed by atoms with Crippen LogP contribution in [0, 0.1) is 5.92 Å². The van der Waals surface area contributed by atoms with E-state index in [4.69, 9.17) is 4.74 Å². The van der Waals surface area contributed by atoms with Gasteiger partial charge in [0.1, 0.15) is 18.4 Å². The zero-order chi connectivity index (χ0) is 23.4. The minimum atomic E-state index is -5.17. The zero-order valence-corrected chi connectivity index (χ0v) is 19.1. The van der Waals surface area contributed by atoms with E-state index in [-0.39, 0.29) is 53.0 Å². The zero-order valence-electron chi connectivity index (χ0n) is 17.1. The number of halogens is 3. The van der Waals surface area contributed by atoms with Crippen LogP contribution in [0.2, 0.25) is 0 Å². The van der Waals surface area contributed by atoms with Crippen LogP contribution in [-0.4, -0.2) is 70.2 Å². The summed E-state index contributed by atoms with van der Waals surface area (Å²) in [5.41, 5.74) is -0.239. The summed E-state index contributed by atoms with van der Waals surface area (Å²) < 4.78 is 43.7. The van der Waals surface area contributed by atoms with Crippen LogP contribution in [0.4, 0.5) is 23.7 Å². The maximum Gasteiger partial charge on any atom is 1.00 e. The molecule has 14 heteroatoms. The molecule has 1 unspecified atom stereocenters.